The first kappa shape index (κ1) is 15.9. The number of fused-ring (bicyclic) bond motifs is 2. The minimum atomic E-state index is -0.0235. The van der Waals surface area contributed by atoms with E-state index in [9.17, 15) is 4.79 Å². The van der Waals surface area contributed by atoms with Crippen LogP contribution in [0.3, 0.4) is 0 Å². The Balaban J connectivity index is 1.46. The number of thiazole rings is 1. The van der Waals surface area contributed by atoms with Crippen LogP contribution in [0.25, 0.3) is 11.2 Å². The van der Waals surface area contributed by atoms with E-state index in [0.29, 0.717) is 23.5 Å². The normalized spacial score (nSPS) is 13.8. The Morgan fingerprint density at radius 1 is 1.32 bits per heavy atom. The molecule has 2 N–H and O–H groups in total. The average molecular weight is 357 g/mol. The lowest BCUT2D eigenvalue weighted by atomic mass is 10.0. The molecule has 0 saturated heterocycles. The predicted molar refractivity (Wildman–Crippen MR) is 95.0 cm³/mol. The highest BCUT2D eigenvalue weighted by molar-refractivity contribution is 7.11. The second kappa shape index (κ2) is 6.40. The van der Waals surface area contributed by atoms with Gasteiger partial charge in [0.2, 0.25) is 5.91 Å². The van der Waals surface area contributed by atoms with Crippen LogP contribution in [0, 0.1) is 0 Å². The van der Waals surface area contributed by atoms with Crippen molar-refractivity contribution in [1.29, 1.82) is 0 Å². The molecule has 3 aromatic rings. The van der Waals surface area contributed by atoms with Crippen molar-refractivity contribution in [2.24, 2.45) is 0 Å². The molecular weight excluding hydrogens is 338 g/mol. The van der Waals surface area contributed by atoms with E-state index >= 15 is 0 Å². The molecule has 9 heteroatoms. The summed E-state index contributed by atoms with van der Waals surface area (Å²) < 4.78 is 1.69. The number of amides is 1. The fraction of sp³-hybridized carbons (Fsp3) is 0.438. The van der Waals surface area contributed by atoms with Crippen LogP contribution in [0.2, 0.25) is 0 Å². The van der Waals surface area contributed by atoms with Gasteiger partial charge in [0, 0.05) is 11.9 Å². The summed E-state index contributed by atoms with van der Waals surface area (Å²) in [5.41, 5.74) is 8.09. The lowest BCUT2D eigenvalue weighted by Gasteiger charge is -2.16. The van der Waals surface area contributed by atoms with E-state index in [1.54, 1.807) is 34.2 Å². The molecule has 0 spiro atoms. The Bertz CT molecular complexity index is 908. The molecule has 0 fully saturated rings. The van der Waals surface area contributed by atoms with Gasteiger partial charge in [-0.1, -0.05) is 0 Å². The zero-order chi connectivity index (χ0) is 17.4. The molecule has 0 atom stereocenters. The molecule has 8 nitrogen and oxygen atoms in total. The van der Waals surface area contributed by atoms with Crippen molar-refractivity contribution in [3.05, 3.63) is 28.2 Å². The third-order valence-electron chi connectivity index (χ3n) is 4.42. The minimum absolute atomic E-state index is 0.0235. The number of nitrogens with two attached hydrogens (primary N) is 1. The standard InChI is InChI=1S/C16H19N7OS/c1-22(6-12-21-10-4-2-3-5-11(10)25-12)13(24)7-23-9-20-14-15(17)18-8-19-16(14)23/h8-9H,2-7H2,1H3,(H2,17,18,19). The number of imidazole rings is 1. The number of likely N-dealkylation sites (N-methyl/N-ethyl adjacent to an activating group) is 1. The summed E-state index contributed by atoms with van der Waals surface area (Å²) in [6.45, 7) is 0.689. The highest BCUT2D eigenvalue weighted by Crippen LogP contribution is 2.27. The third-order valence-corrected chi connectivity index (χ3v) is 5.57. The molecule has 0 saturated carbocycles. The number of carbonyl (C=O) groups is 1. The molecule has 4 rings (SSSR count). The molecule has 0 aliphatic heterocycles. The predicted octanol–water partition coefficient (Wildman–Crippen LogP) is 1.40. The number of aromatic nitrogens is 5. The Hall–Kier alpha value is -2.55. The minimum Gasteiger partial charge on any atom is -0.382 e. The number of aryl methyl sites for hydroxylation is 2. The fourth-order valence-electron chi connectivity index (χ4n) is 3.05. The second-order valence-electron chi connectivity index (χ2n) is 6.24. The summed E-state index contributed by atoms with van der Waals surface area (Å²) >= 11 is 1.73. The lowest BCUT2D eigenvalue weighted by Crippen LogP contribution is -2.29. The van der Waals surface area contributed by atoms with Crippen molar-refractivity contribution in [2.45, 2.75) is 38.8 Å². The van der Waals surface area contributed by atoms with Crippen molar-refractivity contribution >= 4 is 34.2 Å². The van der Waals surface area contributed by atoms with Gasteiger partial charge in [-0.15, -0.1) is 11.3 Å². The van der Waals surface area contributed by atoms with Gasteiger partial charge in [0.15, 0.2) is 11.5 Å². The molecule has 0 radical (unpaired) electrons. The van der Waals surface area contributed by atoms with Crippen LogP contribution in [0.5, 0.6) is 0 Å². The van der Waals surface area contributed by atoms with Gasteiger partial charge < -0.3 is 15.2 Å². The van der Waals surface area contributed by atoms with Crippen molar-refractivity contribution in [3.8, 4) is 0 Å². The van der Waals surface area contributed by atoms with E-state index in [0.717, 1.165) is 17.8 Å². The summed E-state index contributed by atoms with van der Waals surface area (Å²) in [5.74, 6) is 0.294. The molecular formula is C16H19N7OS. The van der Waals surface area contributed by atoms with E-state index in [1.165, 1.54) is 29.7 Å². The van der Waals surface area contributed by atoms with Crippen LogP contribution in [0.1, 0.15) is 28.4 Å². The average Bonchev–Trinajstić information content (AvgIpc) is 3.19. The molecule has 0 aromatic carbocycles. The van der Waals surface area contributed by atoms with Crippen LogP contribution in [0.4, 0.5) is 5.82 Å². The Labute approximate surface area is 148 Å². The fourth-order valence-corrected chi connectivity index (χ4v) is 4.26. The third kappa shape index (κ3) is 3.07. The first-order chi connectivity index (χ1) is 12.1. The number of anilines is 1. The first-order valence-electron chi connectivity index (χ1n) is 8.24. The molecule has 1 amide bonds. The van der Waals surface area contributed by atoms with Crippen molar-refractivity contribution < 1.29 is 4.79 Å². The highest BCUT2D eigenvalue weighted by Gasteiger charge is 2.18. The van der Waals surface area contributed by atoms with Crippen molar-refractivity contribution in [3.63, 3.8) is 0 Å². The SMILES string of the molecule is CN(Cc1nc2c(s1)CCCC2)C(=O)Cn1cnc2c(N)ncnc21. The van der Waals surface area contributed by atoms with Gasteiger partial charge in [-0.25, -0.2) is 19.9 Å². The molecule has 1 aliphatic carbocycles. The smallest absolute Gasteiger partial charge is 0.242 e. The summed E-state index contributed by atoms with van der Waals surface area (Å²) in [4.78, 5) is 32.6. The van der Waals surface area contributed by atoms with Crippen molar-refractivity contribution in [1.82, 2.24) is 29.4 Å². The first-order valence-corrected chi connectivity index (χ1v) is 9.06. The molecule has 3 aromatic heterocycles. The number of nitrogen functional groups attached to an aromatic ring is 1. The number of hydrogen-bond donors (Lipinski definition) is 1. The molecule has 0 bridgehead atoms. The van der Waals surface area contributed by atoms with E-state index in [1.807, 2.05) is 0 Å². The summed E-state index contributed by atoms with van der Waals surface area (Å²) in [6.07, 6.45) is 7.58. The monoisotopic (exact) mass is 357 g/mol. The summed E-state index contributed by atoms with van der Waals surface area (Å²) in [5, 5.41) is 1.00. The van der Waals surface area contributed by atoms with E-state index < -0.39 is 0 Å². The van der Waals surface area contributed by atoms with Gasteiger partial charge in [-0.3, -0.25) is 4.79 Å². The van der Waals surface area contributed by atoms with Crippen LogP contribution < -0.4 is 5.73 Å². The number of nitrogens with zero attached hydrogens (tertiary/aromatic N) is 6. The van der Waals surface area contributed by atoms with Crippen LogP contribution in [-0.2, 0) is 30.7 Å². The quantitative estimate of drug-likeness (QED) is 0.757. The summed E-state index contributed by atoms with van der Waals surface area (Å²) in [6, 6.07) is 0. The molecule has 25 heavy (non-hydrogen) atoms. The molecule has 1 aliphatic rings. The van der Waals surface area contributed by atoms with Gasteiger partial charge in [-0.05, 0) is 25.7 Å². The Morgan fingerprint density at radius 2 is 2.16 bits per heavy atom. The van der Waals surface area contributed by atoms with E-state index in [2.05, 4.69) is 15.0 Å². The summed E-state index contributed by atoms with van der Waals surface area (Å²) in [7, 11) is 1.80. The zero-order valence-electron chi connectivity index (χ0n) is 14.0. The maximum Gasteiger partial charge on any atom is 0.242 e. The number of rotatable bonds is 4. The zero-order valence-corrected chi connectivity index (χ0v) is 14.8. The Kier molecular flexibility index (Phi) is 4.08. The van der Waals surface area contributed by atoms with Crippen LogP contribution >= 0.6 is 11.3 Å². The van der Waals surface area contributed by atoms with E-state index in [4.69, 9.17) is 10.7 Å². The van der Waals surface area contributed by atoms with Gasteiger partial charge in [0.05, 0.1) is 18.6 Å². The number of carbonyl (C=O) groups excluding carboxylic acids is 1. The van der Waals surface area contributed by atoms with Gasteiger partial charge in [0.1, 0.15) is 23.4 Å². The van der Waals surface area contributed by atoms with Gasteiger partial charge >= 0.3 is 0 Å². The Morgan fingerprint density at radius 3 is 3.00 bits per heavy atom. The van der Waals surface area contributed by atoms with E-state index in [-0.39, 0.29) is 12.5 Å². The van der Waals surface area contributed by atoms with Gasteiger partial charge in [-0.2, -0.15) is 0 Å². The second-order valence-corrected chi connectivity index (χ2v) is 7.41. The highest BCUT2D eigenvalue weighted by atomic mass is 32.1. The van der Waals surface area contributed by atoms with Gasteiger partial charge in [0.25, 0.3) is 0 Å². The van der Waals surface area contributed by atoms with Crippen LogP contribution in [-0.4, -0.2) is 42.4 Å². The van der Waals surface area contributed by atoms with Crippen LogP contribution in [0.15, 0.2) is 12.7 Å². The molecule has 130 valence electrons. The molecule has 3 heterocycles. The topological polar surface area (TPSA) is 103 Å². The largest absolute Gasteiger partial charge is 0.382 e. The maximum absolute atomic E-state index is 12.6. The molecule has 0 unspecified atom stereocenters. The number of hydrogen-bond acceptors (Lipinski definition) is 7. The van der Waals surface area contributed by atoms with Crippen molar-refractivity contribution in [2.75, 3.05) is 12.8 Å². The maximum atomic E-state index is 12.6. The lowest BCUT2D eigenvalue weighted by molar-refractivity contribution is -0.131.